The number of benzene rings is 2. The number of carbonyl (C=O) groups excluding carboxylic acids is 1. The Balaban J connectivity index is 1.69. The second-order valence-electron chi connectivity index (χ2n) is 6.14. The van der Waals surface area contributed by atoms with Crippen molar-refractivity contribution in [3.8, 4) is 22.8 Å². The summed E-state index contributed by atoms with van der Waals surface area (Å²) in [6.45, 7) is 0.374. The Kier molecular flexibility index (Phi) is 6.23. The van der Waals surface area contributed by atoms with Gasteiger partial charge in [0.1, 0.15) is 17.3 Å². The average molecular weight is 397 g/mol. The summed E-state index contributed by atoms with van der Waals surface area (Å²) >= 11 is 0. The molecule has 0 unspecified atom stereocenters. The molecular formula is C21H20FN3O4. The molecular weight excluding hydrogens is 377 g/mol. The fourth-order valence-electron chi connectivity index (χ4n) is 2.70. The van der Waals surface area contributed by atoms with Gasteiger partial charge in [-0.3, -0.25) is 9.59 Å². The zero-order valence-corrected chi connectivity index (χ0v) is 16.0. The van der Waals surface area contributed by atoms with Gasteiger partial charge in [-0.15, -0.1) is 0 Å². The fraction of sp³-hybridized carbons (Fsp3) is 0.190. The van der Waals surface area contributed by atoms with E-state index in [0.29, 0.717) is 28.3 Å². The summed E-state index contributed by atoms with van der Waals surface area (Å²) in [6.07, 6.45) is 0. The molecule has 150 valence electrons. The molecule has 0 aliphatic rings. The molecule has 0 radical (unpaired) electrons. The molecule has 0 saturated heterocycles. The third-order valence-electron chi connectivity index (χ3n) is 4.23. The van der Waals surface area contributed by atoms with Crippen molar-refractivity contribution >= 4 is 5.91 Å². The van der Waals surface area contributed by atoms with E-state index in [4.69, 9.17) is 9.47 Å². The summed E-state index contributed by atoms with van der Waals surface area (Å²) in [5, 5.41) is 7.03. The lowest BCUT2D eigenvalue weighted by atomic mass is 10.1. The predicted molar refractivity (Wildman–Crippen MR) is 106 cm³/mol. The van der Waals surface area contributed by atoms with Crippen LogP contribution in [0.15, 0.2) is 59.4 Å². The first-order valence-corrected chi connectivity index (χ1v) is 8.85. The SMILES string of the molecule is COc1cc(OC)cc(C(=O)NCCn2nc(-c3ccc(F)cc3)ccc2=O)c1. The molecule has 0 spiro atoms. The van der Waals surface area contributed by atoms with Crippen molar-refractivity contribution in [3.63, 3.8) is 0 Å². The van der Waals surface area contributed by atoms with Crippen LogP contribution < -0.4 is 20.3 Å². The van der Waals surface area contributed by atoms with E-state index < -0.39 is 0 Å². The summed E-state index contributed by atoms with van der Waals surface area (Å²) in [4.78, 5) is 24.5. The number of nitrogens with zero attached hydrogens (tertiary/aromatic N) is 2. The number of halogens is 1. The maximum atomic E-state index is 13.1. The monoisotopic (exact) mass is 397 g/mol. The van der Waals surface area contributed by atoms with E-state index in [1.165, 1.54) is 37.1 Å². The third-order valence-corrected chi connectivity index (χ3v) is 4.23. The standard InChI is InChI=1S/C21H20FN3O4/c1-28-17-11-15(12-18(13-17)29-2)21(27)23-9-10-25-20(26)8-7-19(24-25)14-3-5-16(22)6-4-14/h3-8,11-13H,9-10H2,1-2H3,(H,23,27). The number of methoxy groups -OCH3 is 2. The van der Waals surface area contributed by atoms with Crippen molar-refractivity contribution in [3.05, 3.63) is 76.3 Å². The van der Waals surface area contributed by atoms with Gasteiger partial charge in [0.2, 0.25) is 0 Å². The quantitative estimate of drug-likeness (QED) is 0.662. The Bertz CT molecular complexity index is 1040. The maximum Gasteiger partial charge on any atom is 0.266 e. The van der Waals surface area contributed by atoms with Crippen LogP contribution in [0, 0.1) is 5.82 Å². The van der Waals surface area contributed by atoms with E-state index in [1.54, 1.807) is 36.4 Å². The molecule has 29 heavy (non-hydrogen) atoms. The summed E-state index contributed by atoms with van der Waals surface area (Å²) in [5.41, 5.74) is 1.30. The van der Waals surface area contributed by atoms with Gasteiger partial charge in [0.05, 0.1) is 26.5 Å². The van der Waals surface area contributed by atoms with Crippen LogP contribution in [0.25, 0.3) is 11.3 Å². The lowest BCUT2D eigenvalue weighted by Crippen LogP contribution is -2.32. The molecule has 0 bridgehead atoms. The van der Waals surface area contributed by atoms with Gasteiger partial charge in [0, 0.05) is 29.8 Å². The Morgan fingerprint density at radius 1 is 1.03 bits per heavy atom. The van der Waals surface area contributed by atoms with E-state index >= 15 is 0 Å². The molecule has 0 fully saturated rings. The highest BCUT2D eigenvalue weighted by atomic mass is 19.1. The van der Waals surface area contributed by atoms with Crippen LogP contribution in [0.5, 0.6) is 11.5 Å². The van der Waals surface area contributed by atoms with Crippen molar-refractivity contribution in [2.45, 2.75) is 6.54 Å². The lowest BCUT2D eigenvalue weighted by Gasteiger charge is -2.10. The number of ether oxygens (including phenoxy) is 2. The molecule has 0 aliphatic heterocycles. The highest BCUT2D eigenvalue weighted by Gasteiger charge is 2.10. The summed E-state index contributed by atoms with van der Waals surface area (Å²) in [6, 6.07) is 13.7. The first-order chi connectivity index (χ1) is 14.0. The van der Waals surface area contributed by atoms with Crippen molar-refractivity contribution in [2.24, 2.45) is 0 Å². The third kappa shape index (κ3) is 4.98. The second-order valence-corrected chi connectivity index (χ2v) is 6.14. The summed E-state index contributed by atoms with van der Waals surface area (Å²) < 4.78 is 24.7. The number of amides is 1. The smallest absolute Gasteiger partial charge is 0.266 e. The topological polar surface area (TPSA) is 82.4 Å². The molecule has 8 heteroatoms. The van der Waals surface area contributed by atoms with Crippen molar-refractivity contribution < 1.29 is 18.7 Å². The fourth-order valence-corrected chi connectivity index (χ4v) is 2.70. The molecule has 1 heterocycles. The van der Waals surface area contributed by atoms with Crippen LogP contribution in [0.1, 0.15) is 10.4 Å². The summed E-state index contributed by atoms with van der Waals surface area (Å²) in [7, 11) is 3.01. The first kappa shape index (κ1) is 20.1. The number of hydrogen-bond donors (Lipinski definition) is 1. The van der Waals surface area contributed by atoms with Crippen molar-refractivity contribution in [1.82, 2.24) is 15.1 Å². The number of rotatable bonds is 7. The number of hydrogen-bond acceptors (Lipinski definition) is 5. The molecule has 3 rings (SSSR count). The lowest BCUT2D eigenvalue weighted by molar-refractivity contribution is 0.0951. The van der Waals surface area contributed by atoms with E-state index in [9.17, 15) is 14.0 Å². The molecule has 0 aliphatic carbocycles. The van der Waals surface area contributed by atoms with E-state index in [1.807, 2.05) is 0 Å². The van der Waals surface area contributed by atoms with E-state index in [2.05, 4.69) is 10.4 Å². The van der Waals surface area contributed by atoms with Gasteiger partial charge in [-0.25, -0.2) is 9.07 Å². The minimum Gasteiger partial charge on any atom is -0.497 e. The minimum atomic E-state index is -0.348. The highest BCUT2D eigenvalue weighted by molar-refractivity contribution is 5.95. The van der Waals surface area contributed by atoms with Gasteiger partial charge < -0.3 is 14.8 Å². The molecule has 7 nitrogen and oxygen atoms in total. The summed E-state index contributed by atoms with van der Waals surface area (Å²) in [5.74, 6) is 0.322. The normalized spacial score (nSPS) is 10.4. The molecule has 0 saturated carbocycles. The predicted octanol–water partition coefficient (Wildman–Crippen LogP) is 2.50. The van der Waals surface area contributed by atoms with Gasteiger partial charge in [-0.2, -0.15) is 5.10 Å². The van der Waals surface area contributed by atoms with Gasteiger partial charge in [-0.1, -0.05) is 0 Å². The molecule has 1 aromatic heterocycles. The largest absolute Gasteiger partial charge is 0.497 e. The Morgan fingerprint density at radius 3 is 2.31 bits per heavy atom. The van der Waals surface area contributed by atoms with E-state index in [-0.39, 0.29) is 30.4 Å². The van der Waals surface area contributed by atoms with Gasteiger partial charge >= 0.3 is 0 Å². The maximum absolute atomic E-state index is 13.1. The van der Waals surface area contributed by atoms with Crippen LogP contribution in [0.3, 0.4) is 0 Å². The van der Waals surface area contributed by atoms with Crippen LogP contribution >= 0.6 is 0 Å². The number of nitrogens with one attached hydrogen (secondary N) is 1. The molecule has 1 amide bonds. The van der Waals surface area contributed by atoms with Gasteiger partial charge in [0.25, 0.3) is 11.5 Å². The molecule has 2 aromatic carbocycles. The van der Waals surface area contributed by atoms with Crippen molar-refractivity contribution in [2.75, 3.05) is 20.8 Å². The molecule has 1 N–H and O–H groups in total. The average Bonchev–Trinajstić information content (AvgIpc) is 2.75. The number of aromatic nitrogens is 2. The number of carbonyl (C=O) groups is 1. The highest BCUT2D eigenvalue weighted by Crippen LogP contribution is 2.22. The molecule has 3 aromatic rings. The Hall–Kier alpha value is -3.68. The Labute approximate surface area is 166 Å². The van der Waals surface area contributed by atoms with E-state index in [0.717, 1.165) is 0 Å². The van der Waals surface area contributed by atoms with Crippen LogP contribution in [0.4, 0.5) is 4.39 Å². The van der Waals surface area contributed by atoms with Gasteiger partial charge in [0.15, 0.2) is 0 Å². The van der Waals surface area contributed by atoms with Crippen LogP contribution in [0.2, 0.25) is 0 Å². The van der Waals surface area contributed by atoms with Crippen molar-refractivity contribution in [1.29, 1.82) is 0 Å². The Morgan fingerprint density at radius 2 is 1.69 bits per heavy atom. The van der Waals surface area contributed by atoms with Crippen LogP contribution in [-0.2, 0) is 6.54 Å². The molecule has 0 atom stereocenters. The zero-order valence-electron chi connectivity index (χ0n) is 16.0. The first-order valence-electron chi connectivity index (χ1n) is 8.85. The van der Waals surface area contributed by atoms with Gasteiger partial charge in [-0.05, 0) is 42.5 Å². The zero-order chi connectivity index (χ0) is 20.8. The minimum absolute atomic E-state index is 0.181. The second kappa shape index (κ2) is 9.01. The van der Waals surface area contributed by atoms with Crippen LogP contribution in [-0.4, -0.2) is 36.5 Å².